The molecule has 0 unspecified atom stereocenters. The first-order valence-corrected chi connectivity index (χ1v) is 4.91. The van der Waals surface area contributed by atoms with Crippen molar-refractivity contribution in [3.63, 3.8) is 0 Å². The summed E-state index contributed by atoms with van der Waals surface area (Å²) >= 11 is 0. The van der Waals surface area contributed by atoms with Gasteiger partial charge in [-0.3, -0.25) is 0 Å². The Labute approximate surface area is 97.8 Å². The van der Waals surface area contributed by atoms with Crippen LogP contribution in [0.1, 0.15) is 33.1 Å². The number of allylic oxidation sites excluding steroid dienone is 1. The molecule has 0 saturated carbocycles. The van der Waals surface area contributed by atoms with Gasteiger partial charge in [0.25, 0.3) is 0 Å². The summed E-state index contributed by atoms with van der Waals surface area (Å²) < 4.78 is 2.01. The Hall–Kier alpha value is -0.570. The summed E-state index contributed by atoms with van der Waals surface area (Å²) in [5, 5.41) is 0. The largest absolute Gasteiger partial charge is 0.338 e. The summed E-state index contributed by atoms with van der Waals surface area (Å²) in [5.74, 6) is 0. The van der Waals surface area contributed by atoms with E-state index in [1.54, 1.807) is 12.5 Å². The lowest BCUT2D eigenvalue weighted by Crippen LogP contribution is -1.85. The van der Waals surface area contributed by atoms with Crippen LogP contribution in [0, 0.1) is 0 Å². The Morgan fingerprint density at radius 3 is 2.36 bits per heavy atom. The number of imidazole rings is 1. The van der Waals surface area contributed by atoms with Crippen LogP contribution < -0.4 is 0 Å². The van der Waals surface area contributed by atoms with Gasteiger partial charge >= 0.3 is 0 Å². The van der Waals surface area contributed by atoms with Gasteiger partial charge in [-0.1, -0.05) is 25.8 Å². The van der Waals surface area contributed by atoms with Gasteiger partial charge in [0.2, 0.25) is 0 Å². The van der Waals surface area contributed by atoms with E-state index in [1.165, 1.54) is 19.3 Å². The first-order chi connectivity index (χ1) is 6.35. The normalized spacial score (nSPS) is 8.14. The van der Waals surface area contributed by atoms with E-state index in [4.69, 9.17) is 0 Å². The molecule has 0 spiro atoms. The van der Waals surface area contributed by atoms with E-state index < -0.39 is 0 Å². The minimum absolute atomic E-state index is 0. The molecule has 0 radical (unpaired) electrons. The summed E-state index contributed by atoms with van der Waals surface area (Å²) in [4.78, 5) is 3.86. The third-order valence-electron chi connectivity index (χ3n) is 1.69. The number of aromatic nitrogens is 2. The van der Waals surface area contributed by atoms with Crippen LogP contribution in [0.2, 0.25) is 0 Å². The summed E-state index contributed by atoms with van der Waals surface area (Å²) in [7, 11) is 0. The molecule has 0 amide bonds. The van der Waals surface area contributed by atoms with Crippen molar-refractivity contribution < 1.29 is 0 Å². The summed E-state index contributed by atoms with van der Waals surface area (Å²) in [6, 6.07) is 0. The number of unbranched alkanes of at least 4 members (excludes halogenated alkanes) is 2. The molecule has 1 aromatic rings. The van der Waals surface area contributed by atoms with Gasteiger partial charge in [0.05, 0.1) is 6.33 Å². The van der Waals surface area contributed by atoms with Crippen LogP contribution in [0.4, 0.5) is 0 Å². The van der Waals surface area contributed by atoms with Gasteiger partial charge in [0.15, 0.2) is 0 Å². The molecule has 0 bridgehead atoms. The smallest absolute Gasteiger partial charge is 0.0945 e. The van der Waals surface area contributed by atoms with Crippen LogP contribution in [-0.4, -0.2) is 9.55 Å². The minimum atomic E-state index is 0. The second kappa shape index (κ2) is 12.4. The monoisotopic (exact) mass is 260 g/mol. The molecule has 0 atom stereocenters. The Morgan fingerprint density at radius 1 is 1.43 bits per heavy atom. The number of aryl methyl sites for hydroxylation is 1. The standard InChI is InChI=1S/C6H12.C5H8N2.BrH/c1-3-5-6-4-2;1-2-7-4-3-6-5-7;/h3H,1,4-6H2,2H3;3-5H,2H2,1H3;1H. The van der Waals surface area contributed by atoms with Gasteiger partial charge < -0.3 is 4.57 Å². The fraction of sp³-hybridized carbons (Fsp3) is 0.545. The van der Waals surface area contributed by atoms with Crippen molar-refractivity contribution >= 4 is 17.0 Å². The number of hydrogen-bond acceptors (Lipinski definition) is 1. The Morgan fingerprint density at radius 2 is 2.14 bits per heavy atom. The topological polar surface area (TPSA) is 17.8 Å². The van der Waals surface area contributed by atoms with Gasteiger partial charge in [-0.05, 0) is 13.3 Å². The molecular formula is C11H21BrN2. The van der Waals surface area contributed by atoms with Gasteiger partial charge in [-0.25, -0.2) is 4.98 Å². The van der Waals surface area contributed by atoms with Crippen LogP contribution >= 0.6 is 17.0 Å². The van der Waals surface area contributed by atoms with E-state index in [0.717, 1.165) is 6.54 Å². The molecule has 0 saturated heterocycles. The highest BCUT2D eigenvalue weighted by Crippen LogP contribution is 1.91. The van der Waals surface area contributed by atoms with E-state index in [9.17, 15) is 0 Å². The molecule has 0 fully saturated rings. The lowest BCUT2D eigenvalue weighted by Gasteiger charge is -1.87. The molecular weight excluding hydrogens is 240 g/mol. The maximum atomic E-state index is 3.86. The van der Waals surface area contributed by atoms with Crippen molar-refractivity contribution in [2.45, 2.75) is 39.7 Å². The Balaban J connectivity index is 0. The van der Waals surface area contributed by atoms with Crippen molar-refractivity contribution in [1.82, 2.24) is 9.55 Å². The van der Waals surface area contributed by atoms with E-state index in [2.05, 4.69) is 25.4 Å². The second-order valence-electron chi connectivity index (χ2n) is 2.82. The van der Waals surface area contributed by atoms with E-state index >= 15 is 0 Å². The molecule has 0 aliphatic carbocycles. The average Bonchev–Trinajstić information content (AvgIpc) is 2.68. The van der Waals surface area contributed by atoms with Crippen molar-refractivity contribution in [2.24, 2.45) is 0 Å². The van der Waals surface area contributed by atoms with Crippen LogP contribution in [-0.2, 0) is 6.54 Å². The summed E-state index contributed by atoms with van der Waals surface area (Å²) in [6.45, 7) is 8.88. The van der Waals surface area contributed by atoms with Crippen LogP contribution in [0.5, 0.6) is 0 Å². The van der Waals surface area contributed by atoms with Crippen molar-refractivity contribution in [2.75, 3.05) is 0 Å². The van der Waals surface area contributed by atoms with Gasteiger partial charge in [0, 0.05) is 18.9 Å². The third-order valence-corrected chi connectivity index (χ3v) is 1.69. The highest BCUT2D eigenvalue weighted by atomic mass is 79.9. The number of hydrogen-bond donors (Lipinski definition) is 0. The summed E-state index contributed by atoms with van der Waals surface area (Å²) in [5.41, 5.74) is 0. The molecule has 0 aromatic carbocycles. The highest BCUT2D eigenvalue weighted by Gasteiger charge is 1.77. The van der Waals surface area contributed by atoms with E-state index in [0.29, 0.717) is 0 Å². The lowest BCUT2D eigenvalue weighted by molar-refractivity contribution is 0.761. The molecule has 82 valence electrons. The maximum absolute atomic E-state index is 3.86. The first-order valence-electron chi connectivity index (χ1n) is 4.91. The molecule has 0 aliphatic rings. The van der Waals surface area contributed by atoms with Gasteiger partial charge in [-0.2, -0.15) is 0 Å². The quantitative estimate of drug-likeness (QED) is 0.594. The Kier molecular flexibility index (Phi) is 14.1. The molecule has 1 aromatic heterocycles. The zero-order valence-electron chi connectivity index (χ0n) is 9.15. The molecule has 1 heterocycles. The van der Waals surface area contributed by atoms with Crippen molar-refractivity contribution in [1.29, 1.82) is 0 Å². The zero-order valence-corrected chi connectivity index (χ0v) is 10.9. The van der Waals surface area contributed by atoms with E-state index in [1.807, 2.05) is 16.8 Å². The van der Waals surface area contributed by atoms with Gasteiger partial charge in [-0.15, -0.1) is 23.6 Å². The molecule has 3 heteroatoms. The number of halogens is 1. The average molecular weight is 261 g/mol. The molecule has 0 aliphatic heterocycles. The van der Waals surface area contributed by atoms with Crippen molar-refractivity contribution in [3.8, 4) is 0 Å². The summed E-state index contributed by atoms with van der Waals surface area (Å²) in [6.07, 6.45) is 11.2. The van der Waals surface area contributed by atoms with Crippen LogP contribution in [0.3, 0.4) is 0 Å². The second-order valence-corrected chi connectivity index (χ2v) is 2.82. The predicted molar refractivity (Wildman–Crippen MR) is 67.9 cm³/mol. The predicted octanol–water partition coefficient (Wildman–Crippen LogP) is 3.84. The lowest BCUT2D eigenvalue weighted by atomic mass is 10.3. The van der Waals surface area contributed by atoms with Crippen LogP contribution in [0.25, 0.3) is 0 Å². The van der Waals surface area contributed by atoms with E-state index in [-0.39, 0.29) is 17.0 Å². The molecule has 1 rings (SSSR count). The minimum Gasteiger partial charge on any atom is -0.338 e. The van der Waals surface area contributed by atoms with Gasteiger partial charge in [0.1, 0.15) is 0 Å². The molecule has 0 N–H and O–H groups in total. The SMILES string of the molecule is Br.C=CCCCC.CCn1ccnc1. The van der Waals surface area contributed by atoms with Crippen molar-refractivity contribution in [3.05, 3.63) is 31.4 Å². The fourth-order valence-electron chi connectivity index (χ4n) is 0.822. The third kappa shape index (κ3) is 9.52. The Bertz CT molecular complexity index is 195. The fourth-order valence-corrected chi connectivity index (χ4v) is 0.822. The number of nitrogens with zero attached hydrogens (tertiary/aromatic N) is 2. The molecule has 14 heavy (non-hydrogen) atoms. The number of rotatable bonds is 4. The highest BCUT2D eigenvalue weighted by molar-refractivity contribution is 8.93. The maximum Gasteiger partial charge on any atom is 0.0945 e. The van der Waals surface area contributed by atoms with Crippen LogP contribution in [0.15, 0.2) is 31.4 Å². The zero-order chi connectivity index (χ0) is 9.94. The first kappa shape index (κ1) is 15.9. The molecule has 2 nitrogen and oxygen atoms in total.